The van der Waals surface area contributed by atoms with Crippen molar-refractivity contribution in [3.8, 4) is 0 Å². The van der Waals surface area contributed by atoms with Crippen molar-refractivity contribution in [1.82, 2.24) is 15.2 Å². The molecule has 0 unspecified atom stereocenters. The van der Waals surface area contributed by atoms with Gasteiger partial charge in [0.15, 0.2) is 5.11 Å². The molecule has 25 heavy (non-hydrogen) atoms. The van der Waals surface area contributed by atoms with Gasteiger partial charge >= 0.3 is 5.97 Å². The maximum Gasteiger partial charge on any atom is 0.305 e. The third-order valence-corrected chi connectivity index (χ3v) is 6.20. The van der Waals surface area contributed by atoms with Crippen LogP contribution in [0.25, 0.3) is 0 Å². The van der Waals surface area contributed by atoms with Gasteiger partial charge in [-0.2, -0.15) is 0 Å². The van der Waals surface area contributed by atoms with Crippen molar-refractivity contribution in [3.05, 3.63) is 50.9 Å². The van der Waals surface area contributed by atoms with E-state index in [-0.39, 0.29) is 18.1 Å². The highest BCUT2D eigenvalue weighted by Crippen LogP contribution is 2.41. The number of nitrogens with one attached hydrogen (secondary N) is 1. The lowest BCUT2D eigenvalue weighted by Crippen LogP contribution is -2.30. The van der Waals surface area contributed by atoms with Crippen LogP contribution in [0.15, 0.2) is 40.3 Å². The van der Waals surface area contributed by atoms with Crippen LogP contribution in [0, 0.1) is 0 Å². The molecule has 5 nitrogen and oxygen atoms in total. The number of rotatable bonds is 6. The number of methoxy groups -OCH3 is 1. The summed E-state index contributed by atoms with van der Waals surface area (Å²) in [5.41, 5.74) is 0.954. The average molecular weight is 440 g/mol. The smallest absolute Gasteiger partial charge is 0.305 e. The van der Waals surface area contributed by atoms with Gasteiger partial charge in [0.1, 0.15) is 0 Å². The van der Waals surface area contributed by atoms with E-state index in [1.165, 1.54) is 12.0 Å². The number of esters is 1. The molecule has 1 fully saturated rings. The molecule has 8 heteroatoms. The van der Waals surface area contributed by atoms with Crippen LogP contribution in [0.5, 0.6) is 0 Å². The van der Waals surface area contributed by atoms with Gasteiger partial charge in [-0.1, -0.05) is 6.07 Å². The Morgan fingerprint density at radius 3 is 3.00 bits per heavy atom. The van der Waals surface area contributed by atoms with Crippen LogP contribution in [0.3, 0.4) is 0 Å². The summed E-state index contributed by atoms with van der Waals surface area (Å²) in [6.07, 6.45) is 2.86. The second-order valence-electron chi connectivity index (χ2n) is 5.67. The van der Waals surface area contributed by atoms with Crippen molar-refractivity contribution < 1.29 is 9.53 Å². The lowest BCUT2D eigenvalue weighted by Gasteiger charge is -2.26. The summed E-state index contributed by atoms with van der Waals surface area (Å²) in [6.45, 7) is 0.685. The molecule has 3 rings (SSSR count). The molecule has 1 aliphatic heterocycles. The largest absolute Gasteiger partial charge is 0.469 e. The molecular weight excluding hydrogens is 422 g/mol. The number of carbonyl (C=O) groups is 1. The zero-order valence-electron chi connectivity index (χ0n) is 13.6. The molecule has 1 saturated heterocycles. The van der Waals surface area contributed by atoms with E-state index in [0.29, 0.717) is 24.5 Å². The number of pyridine rings is 1. The van der Waals surface area contributed by atoms with Crippen molar-refractivity contribution in [2.75, 3.05) is 13.7 Å². The Hall–Kier alpha value is -1.51. The van der Waals surface area contributed by atoms with Gasteiger partial charge in [-0.15, -0.1) is 11.3 Å². The molecule has 1 N–H and O–H groups in total. The fraction of sp³-hybridized carbons (Fsp3) is 0.353. The Balaban J connectivity index is 1.85. The summed E-state index contributed by atoms with van der Waals surface area (Å²) in [5.74, 6) is -0.199. The predicted octanol–water partition coefficient (Wildman–Crippen LogP) is 3.83. The summed E-state index contributed by atoms with van der Waals surface area (Å²) in [5, 5.41) is 6.16. The number of halogens is 1. The molecule has 2 aromatic heterocycles. The van der Waals surface area contributed by atoms with Crippen molar-refractivity contribution in [2.24, 2.45) is 0 Å². The number of ether oxygens (including phenoxy) is 1. The highest BCUT2D eigenvalue weighted by Gasteiger charge is 2.40. The number of carbonyl (C=O) groups excluding carboxylic acids is 1. The first-order valence-corrected chi connectivity index (χ1v) is 9.97. The van der Waals surface area contributed by atoms with E-state index < -0.39 is 0 Å². The van der Waals surface area contributed by atoms with E-state index in [2.05, 4.69) is 42.6 Å². The fourth-order valence-corrected chi connectivity index (χ4v) is 4.86. The number of thiocarbonyl (C=S) groups is 1. The normalized spacial score (nSPS) is 19.8. The molecule has 0 spiro atoms. The second-order valence-corrected chi connectivity index (χ2v) is 7.91. The van der Waals surface area contributed by atoms with E-state index >= 15 is 0 Å². The quantitative estimate of drug-likeness (QED) is 0.545. The van der Waals surface area contributed by atoms with E-state index in [1.54, 1.807) is 17.5 Å². The topological polar surface area (TPSA) is 54.5 Å². The summed E-state index contributed by atoms with van der Waals surface area (Å²) < 4.78 is 5.78. The molecule has 132 valence electrons. The first kappa shape index (κ1) is 18.3. The van der Waals surface area contributed by atoms with Gasteiger partial charge in [0.25, 0.3) is 0 Å². The SMILES string of the molecule is COC(=O)CCCN1C(=S)N[C@@H](c2ccccn2)[C@@H]1c1cc(Br)cs1. The Morgan fingerprint density at radius 1 is 1.52 bits per heavy atom. The number of hydrogen-bond acceptors (Lipinski definition) is 5. The standard InChI is InChI=1S/C17H18BrN3O2S2/c1-23-14(22)6-4-8-21-16(13-9-11(18)10-25-13)15(20-17(21)24)12-5-2-3-7-19-12/h2-3,5,7,9-10,15-16H,4,6,8H2,1H3,(H,20,24)/t15-,16-/m0/s1. The highest BCUT2D eigenvalue weighted by atomic mass is 79.9. The second kappa shape index (κ2) is 8.25. The molecule has 1 aliphatic rings. The number of nitrogens with zero attached hydrogens (tertiary/aromatic N) is 2. The first-order chi connectivity index (χ1) is 12.1. The molecule has 3 heterocycles. The Bertz CT molecular complexity index is 753. The lowest BCUT2D eigenvalue weighted by atomic mass is 10.0. The number of hydrogen-bond donors (Lipinski definition) is 1. The van der Waals surface area contributed by atoms with Gasteiger partial charge < -0.3 is 15.0 Å². The maximum absolute atomic E-state index is 11.4. The summed E-state index contributed by atoms with van der Waals surface area (Å²) in [6, 6.07) is 8.05. The summed E-state index contributed by atoms with van der Waals surface area (Å²) >= 11 is 10.8. The van der Waals surface area contributed by atoms with Crippen LogP contribution in [0.4, 0.5) is 0 Å². The molecule has 0 aromatic carbocycles. The van der Waals surface area contributed by atoms with Crippen LogP contribution < -0.4 is 5.32 Å². The molecule has 0 aliphatic carbocycles. The van der Waals surface area contributed by atoms with Crippen LogP contribution in [-0.2, 0) is 9.53 Å². The van der Waals surface area contributed by atoms with Crippen LogP contribution in [0.1, 0.15) is 35.5 Å². The van der Waals surface area contributed by atoms with E-state index in [4.69, 9.17) is 17.0 Å². The monoisotopic (exact) mass is 439 g/mol. The van der Waals surface area contributed by atoms with Crippen molar-refractivity contribution in [2.45, 2.75) is 24.9 Å². The van der Waals surface area contributed by atoms with Gasteiger partial charge in [0.2, 0.25) is 0 Å². The molecule has 0 amide bonds. The molecule has 2 aromatic rings. The summed E-state index contributed by atoms with van der Waals surface area (Å²) in [4.78, 5) is 19.3. The van der Waals surface area contributed by atoms with Gasteiger partial charge in [-0.25, -0.2) is 0 Å². The van der Waals surface area contributed by atoms with Crippen molar-refractivity contribution in [3.63, 3.8) is 0 Å². The molecular formula is C17H18BrN3O2S2. The Kier molecular flexibility index (Phi) is 6.03. The minimum Gasteiger partial charge on any atom is -0.469 e. The third-order valence-electron chi connectivity index (χ3n) is 4.08. The summed E-state index contributed by atoms with van der Waals surface area (Å²) in [7, 11) is 1.41. The Morgan fingerprint density at radius 2 is 2.36 bits per heavy atom. The molecule has 0 radical (unpaired) electrons. The van der Waals surface area contributed by atoms with E-state index in [1.807, 2.05) is 18.2 Å². The van der Waals surface area contributed by atoms with E-state index in [9.17, 15) is 4.79 Å². The molecule has 2 atom stereocenters. The zero-order valence-corrected chi connectivity index (χ0v) is 16.9. The average Bonchev–Trinajstić information content (AvgIpc) is 3.19. The van der Waals surface area contributed by atoms with Crippen molar-refractivity contribution in [1.29, 1.82) is 0 Å². The van der Waals surface area contributed by atoms with Gasteiger partial charge in [0.05, 0.1) is 24.9 Å². The number of thiophene rings is 1. The van der Waals surface area contributed by atoms with E-state index in [0.717, 1.165) is 10.2 Å². The highest BCUT2D eigenvalue weighted by molar-refractivity contribution is 9.10. The van der Waals surface area contributed by atoms with Crippen molar-refractivity contribution >= 4 is 50.6 Å². The third kappa shape index (κ3) is 4.19. The minimum atomic E-state index is -0.199. The Labute approximate surface area is 164 Å². The predicted molar refractivity (Wildman–Crippen MR) is 105 cm³/mol. The first-order valence-electron chi connectivity index (χ1n) is 7.89. The molecule has 0 saturated carbocycles. The van der Waals surface area contributed by atoms with Gasteiger partial charge in [-0.05, 0) is 52.8 Å². The minimum absolute atomic E-state index is 0.0163. The number of aromatic nitrogens is 1. The maximum atomic E-state index is 11.4. The van der Waals surface area contributed by atoms with Crippen LogP contribution in [-0.4, -0.2) is 34.6 Å². The molecule has 0 bridgehead atoms. The van der Waals surface area contributed by atoms with Crippen LogP contribution >= 0.6 is 39.5 Å². The lowest BCUT2D eigenvalue weighted by molar-refractivity contribution is -0.140. The fourth-order valence-electron chi connectivity index (χ4n) is 2.93. The van der Waals surface area contributed by atoms with Crippen LogP contribution in [0.2, 0.25) is 0 Å². The van der Waals surface area contributed by atoms with Gasteiger partial charge in [0, 0.05) is 33.9 Å². The zero-order chi connectivity index (χ0) is 17.8. The van der Waals surface area contributed by atoms with Gasteiger partial charge in [-0.3, -0.25) is 9.78 Å².